The number of carboxylic acid groups (broad SMARTS) is 1. The standard InChI is InChI=1S/C8H7ClO3S/c9-5-1-3-6(4-2-5)13-8(12)7(10)11/h1-4,8,12H,(H,10,11). The lowest BCUT2D eigenvalue weighted by molar-refractivity contribution is -0.141. The van der Waals surface area contributed by atoms with Crippen molar-refractivity contribution in [3.8, 4) is 0 Å². The number of halogens is 1. The van der Waals surface area contributed by atoms with Crippen molar-refractivity contribution >= 4 is 29.3 Å². The number of aliphatic carboxylic acids is 1. The molecule has 0 saturated carbocycles. The molecule has 0 aromatic heterocycles. The fourth-order valence-corrected chi connectivity index (χ4v) is 1.47. The van der Waals surface area contributed by atoms with E-state index in [1.807, 2.05) is 0 Å². The molecule has 5 heteroatoms. The average Bonchev–Trinajstić information content (AvgIpc) is 2.08. The third kappa shape index (κ3) is 3.26. The molecule has 2 N–H and O–H groups in total. The first-order chi connectivity index (χ1) is 6.09. The van der Waals surface area contributed by atoms with E-state index in [-0.39, 0.29) is 0 Å². The van der Waals surface area contributed by atoms with Crippen molar-refractivity contribution in [2.45, 2.75) is 10.3 Å². The molecule has 0 amide bonds. The topological polar surface area (TPSA) is 57.5 Å². The minimum atomic E-state index is -1.43. The highest BCUT2D eigenvalue weighted by molar-refractivity contribution is 8.00. The van der Waals surface area contributed by atoms with Crippen LogP contribution in [-0.2, 0) is 4.79 Å². The van der Waals surface area contributed by atoms with Gasteiger partial charge in [-0.3, -0.25) is 0 Å². The highest BCUT2D eigenvalue weighted by Gasteiger charge is 2.13. The second-order valence-corrected chi connectivity index (χ2v) is 3.85. The predicted molar refractivity (Wildman–Crippen MR) is 51.0 cm³/mol. The molecule has 0 saturated heterocycles. The summed E-state index contributed by atoms with van der Waals surface area (Å²) >= 11 is 6.48. The first-order valence-corrected chi connectivity index (χ1v) is 4.68. The predicted octanol–water partition coefficient (Wildman–Crippen LogP) is 1.84. The number of rotatable bonds is 3. The van der Waals surface area contributed by atoms with Crippen molar-refractivity contribution in [2.75, 3.05) is 0 Å². The molecular formula is C8H7ClO3S. The smallest absolute Gasteiger partial charge is 0.343 e. The van der Waals surface area contributed by atoms with Crippen molar-refractivity contribution in [2.24, 2.45) is 0 Å². The number of carbonyl (C=O) groups is 1. The Morgan fingerprint density at radius 3 is 2.38 bits per heavy atom. The fraction of sp³-hybridized carbons (Fsp3) is 0.125. The second kappa shape index (κ2) is 4.50. The summed E-state index contributed by atoms with van der Waals surface area (Å²) in [4.78, 5) is 10.9. The minimum Gasteiger partial charge on any atom is -0.479 e. The molecule has 1 rings (SSSR count). The third-order valence-electron chi connectivity index (χ3n) is 1.27. The molecule has 1 atom stereocenters. The van der Waals surface area contributed by atoms with Gasteiger partial charge in [-0.15, -0.1) is 0 Å². The highest BCUT2D eigenvalue weighted by atomic mass is 35.5. The maximum absolute atomic E-state index is 10.3. The van der Waals surface area contributed by atoms with E-state index in [1.165, 1.54) is 0 Å². The molecule has 0 bridgehead atoms. The van der Waals surface area contributed by atoms with Gasteiger partial charge in [-0.2, -0.15) is 0 Å². The normalized spacial score (nSPS) is 12.5. The molecule has 0 radical (unpaired) electrons. The zero-order valence-electron chi connectivity index (χ0n) is 6.48. The number of benzene rings is 1. The second-order valence-electron chi connectivity index (χ2n) is 2.26. The highest BCUT2D eigenvalue weighted by Crippen LogP contribution is 2.23. The molecule has 1 unspecified atom stereocenters. The van der Waals surface area contributed by atoms with E-state index < -0.39 is 11.4 Å². The summed E-state index contributed by atoms with van der Waals surface area (Å²) in [5.41, 5.74) is -1.43. The van der Waals surface area contributed by atoms with Gasteiger partial charge in [-0.1, -0.05) is 23.4 Å². The molecule has 1 aromatic rings. The number of hydrogen-bond donors (Lipinski definition) is 2. The number of hydrogen-bond acceptors (Lipinski definition) is 3. The maximum Gasteiger partial charge on any atom is 0.343 e. The van der Waals surface area contributed by atoms with Gasteiger partial charge in [0.2, 0.25) is 5.44 Å². The Morgan fingerprint density at radius 2 is 1.92 bits per heavy atom. The van der Waals surface area contributed by atoms with Gasteiger partial charge in [0.25, 0.3) is 0 Å². The summed E-state index contributed by atoms with van der Waals surface area (Å²) in [6.07, 6.45) is 0. The quantitative estimate of drug-likeness (QED) is 0.601. The van der Waals surface area contributed by atoms with Gasteiger partial charge in [0.15, 0.2) is 0 Å². The lowest BCUT2D eigenvalue weighted by atomic mass is 10.4. The van der Waals surface area contributed by atoms with Crippen LogP contribution < -0.4 is 0 Å². The summed E-state index contributed by atoms with van der Waals surface area (Å²) in [5, 5.41) is 18.0. The van der Waals surface area contributed by atoms with Crippen LogP contribution in [-0.4, -0.2) is 21.6 Å². The van der Waals surface area contributed by atoms with Gasteiger partial charge in [0.1, 0.15) is 0 Å². The van der Waals surface area contributed by atoms with Gasteiger partial charge in [-0.25, -0.2) is 4.79 Å². The molecule has 0 spiro atoms. The van der Waals surface area contributed by atoms with Gasteiger partial charge in [0, 0.05) is 9.92 Å². The third-order valence-corrected chi connectivity index (χ3v) is 2.49. The fourth-order valence-electron chi connectivity index (χ4n) is 0.692. The molecule has 70 valence electrons. The van der Waals surface area contributed by atoms with E-state index in [4.69, 9.17) is 21.8 Å². The number of aliphatic hydroxyl groups is 1. The van der Waals surface area contributed by atoms with E-state index in [1.54, 1.807) is 24.3 Å². The number of aliphatic hydroxyl groups excluding tert-OH is 1. The molecular weight excluding hydrogens is 212 g/mol. The van der Waals surface area contributed by atoms with Crippen molar-refractivity contribution < 1.29 is 15.0 Å². The van der Waals surface area contributed by atoms with E-state index in [9.17, 15) is 4.79 Å². The van der Waals surface area contributed by atoms with Crippen molar-refractivity contribution in [3.05, 3.63) is 29.3 Å². The van der Waals surface area contributed by atoms with Gasteiger partial charge < -0.3 is 10.2 Å². The van der Waals surface area contributed by atoms with Crippen molar-refractivity contribution in [3.63, 3.8) is 0 Å². The SMILES string of the molecule is O=C(O)C(O)Sc1ccc(Cl)cc1. The Labute approximate surface area is 84.3 Å². The van der Waals surface area contributed by atoms with Crippen LogP contribution in [0.25, 0.3) is 0 Å². The lowest BCUT2D eigenvalue weighted by Crippen LogP contribution is -2.14. The zero-order chi connectivity index (χ0) is 9.84. The maximum atomic E-state index is 10.3. The Bertz CT molecular complexity index is 299. The molecule has 13 heavy (non-hydrogen) atoms. The first kappa shape index (κ1) is 10.4. The molecule has 0 aliphatic rings. The molecule has 0 fully saturated rings. The molecule has 0 aliphatic carbocycles. The van der Waals surface area contributed by atoms with Crippen LogP contribution in [0.5, 0.6) is 0 Å². The van der Waals surface area contributed by atoms with Gasteiger partial charge >= 0.3 is 5.97 Å². The lowest BCUT2D eigenvalue weighted by Gasteiger charge is -2.04. The van der Waals surface area contributed by atoms with Crippen LogP contribution in [0.1, 0.15) is 0 Å². The summed E-state index contributed by atoms with van der Waals surface area (Å²) < 4.78 is 0. The zero-order valence-corrected chi connectivity index (χ0v) is 8.05. The van der Waals surface area contributed by atoms with E-state index in [2.05, 4.69) is 0 Å². The largest absolute Gasteiger partial charge is 0.479 e. The van der Waals surface area contributed by atoms with E-state index >= 15 is 0 Å². The van der Waals surface area contributed by atoms with Gasteiger partial charge in [0.05, 0.1) is 0 Å². The summed E-state index contributed by atoms with van der Waals surface area (Å²) in [5.74, 6) is -1.25. The van der Waals surface area contributed by atoms with Crippen LogP contribution in [0.3, 0.4) is 0 Å². The summed E-state index contributed by atoms with van der Waals surface area (Å²) in [6.45, 7) is 0. The van der Waals surface area contributed by atoms with Crippen LogP contribution in [0.2, 0.25) is 5.02 Å². The van der Waals surface area contributed by atoms with Crippen molar-refractivity contribution in [1.29, 1.82) is 0 Å². The molecule has 3 nitrogen and oxygen atoms in total. The number of carboxylic acids is 1. The Morgan fingerprint density at radius 1 is 1.38 bits per heavy atom. The monoisotopic (exact) mass is 218 g/mol. The molecule has 1 aromatic carbocycles. The van der Waals surface area contributed by atoms with E-state index in [0.717, 1.165) is 11.8 Å². The van der Waals surface area contributed by atoms with Crippen LogP contribution >= 0.6 is 23.4 Å². The van der Waals surface area contributed by atoms with Crippen LogP contribution in [0, 0.1) is 0 Å². The van der Waals surface area contributed by atoms with Crippen LogP contribution in [0.4, 0.5) is 0 Å². The van der Waals surface area contributed by atoms with Gasteiger partial charge in [-0.05, 0) is 24.3 Å². The van der Waals surface area contributed by atoms with E-state index in [0.29, 0.717) is 9.92 Å². The van der Waals surface area contributed by atoms with Crippen LogP contribution in [0.15, 0.2) is 29.2 Å². The van der Waals surface area contributed by atoms with Crippen molar-refractivity contribution in [1.82, 2.24) is 0 Å². The molecule has 0 heterocycles. The summed E-state index contributed by atoms with van der Waals surface area (Å²) in [6, 6.07) is 6.58. The average molecular weight is 219 g/mol. The summed E-state index contributed by atoms with van der Waals surface area (Å²) in [7, 11) is 0. The molecule has 0 aliphatic heterocycles. The Kier molecular flexibility index (Phi) is 3.59. The Hall–Kier alpha value is -0.710. The number of thioether (sulfide) groups is 1. The minimum absolute atomic E-state index is 0.578. The first-order valence-electron chi connectivity index (χ1n) is 3.42. The Balaban J connectivity index is 2.64.